The second-order valence-corrected chi connectivity index (χ2v) is 10.0. The third-order valence-corrected chi connectivity index (χ3v) is 6.77. The predicted octanol–water partition coefficient (Wildman–Crippen LogP) is 6.01. The highest BCUT2D eigenvalue weighted by Crippen LogP contribution is 2.34. The van der Waals surface area contributed by atoms with E-state index in [4.69, 9.17) is 0 Å². The zero-order valence-electron chi connectivity index (χ0n) is 21.6. The van der Waals surface area contributed by atoms with Gasteiger partial charge in [0.1, 0.15) is 5.82 Å². The van der Waals surface area contributed by atoms with Gasteiger partial charge in [-0.1, -0.05) is 30.3 Å². The highest BCUT2D eigenvalue weighted by atomic mass is 35.5. The molecule has 0 aromatic heterocycles. The summed E-state index contributed by atoms with van der Waals surface area (Å²) in [6.07, 6.45) is 4.05. The van der Waals surface area contributed by atoms with Gasteiger partial charge in [-0.25, -0.2) is 4.39 Å². The number of hydrogen-bond acceptors (Lipinski definition) is 4. The molecule has 0 radical (unpaired) electrons. The van der Waals surface area contributed by atoms with E-state index in [0.717, 1.165) is 48.2 Å². The minimum atomic E-state index is -0.184. The van der Waals surface area contributed by atoms with E-state index in [9.17, 15) is 14.4 Å². The molecule has 1 N–H and O–H groups in total. The summed E-state index contributed by atoms with van der Waals surface area (Å²) in [6.45, 7) is 7.55. The Balaban J connectivity index is 0.00000432. The Labute approximate surface area is 215 Å². The van der Waals surface area contributed by atoms with Crippen molar-refractivity contribution in [3.8, 4) is 0 Å². The molecule has 0 aliphatic carbocycles. The third-order valence-electron chi connectivity index (χ3n) is 6.77. The Hall–Kier alpha value is -2.44. The standard InChI is InChI=1S/C28H38FN3O2.ClH/c1-19-15-24(26(30-34)12-8-9-13-31(4)5)16-20(2)27(19)32-18-22(14-21(3)28(32)33)17-23-10-6-7-11-25(23)29;/h6-7,10-11,15-16,21-22,34H,8-9,12-14,17-18H2,1-5H3;1H/b30-26+;/t21-,22-;/m1./s1. The fourth-order valence-electron chi connectivity index (χ4n) is 5.13. The fraction of sp³-hybridized carbons (Fsp3) is 0.500. The van der Waals surface area contributed by atoms with Crippen molar-refractivity contribution in [2.45, 2.75) is 52.9 Å². The van der Waals surface area contributed by atoms with Crippen LogP contribution in [0.15, 0.2) is 41.6 Å². The van der Waals surface area contributed by atoms with Gasteiger partial charge in [0, 0.05) is 18.2 Å². The molecule has 1 saturated heterocycles. The SMILES string of the molecule is Cc1cc(/C(CCCCN(C)C)=N/O)cc(C)c1N1C[C@@H](Cc2ccccc2F)C[C@@H](C)C1=O.Cl. The molecule has 1 heterocycles. The van der Waals surface area contributed by atoms with Crippen molar-refractivity contribution in [1.82, 2.24) is 4.90 Å². The average molecular weight is 504 g/mol. The number of oxime groups is 1. The second kappa shape index (κ2) is 13.0. The molecule has 2 aromatic rings. The summed E-state index contributed by atoms with van der Waals surface area (Å²) < 4.78 is 14.3. The van der Waals surface area contributed by atoms with Gasteiger partial charge in [-0.05, 0) is 113 Å². The molecule has 1 aliphatic heterocycles. The molecule has 2 aromatic carbocycles. The molecule has 5 nitrogen and oxygen atoms in total. The Kier molecular flexibility index (Phi) is 10.7. The number of halogens is 2. The van der Waals surface area contributed by atoms with Gasteiger partial charge in [0.15, 0.2) is 0 Å². The number of piperidine rings is 1. The van der Waals surface area contributed by atoms with Crippen molar-refractivity contribution in [3.05, 3.63) is 64.5 Å². The molecule has 0 saturated carbocycles. The van der Waals surface area contributed by atoms with Crippen molar-refractivity contribution in [3.63, 3.8) is 0 Å². The summed E-state index contributed by atoms with van der Waals surface area (Å²) in [7, 11) is 4.10. The smallest absolute Gasteiger partial charge is 0.229 e. The fourth-order valence-corrected chi connectivity index (χ4v) is 5.13. The number of hydrogen-bond donors (Lipinski definition) is 1. The van der Waals surface area contributed by atoms with Crippen LogP contribution < -0.4 is 4.90 Å². The lowest BCUT2D eigenvalue weighted by molar-refractivity contribution is -0.124. The van der Waals surface area contributed by atoms with Gasteiger partial charge in [-0.2, -0.15) is 0 Å². The van der Waals surface area contributed by atoms with Crippen molar-refractivity contribution < 1.29 is 14.4 Å². The number of benzene rings is 2. The Morgan fingerprint density at radius 1 is 1.17 bits per heavy atom. The summed E-state index contributed by atoms with van der Waals surface area (Å²) in [4.78, 5) is 17.2. The lowest BCUT2D eigenvalue weighted by atomic mass is 9.84. The average Bonchev–Trinajstić information content (AvgIpc) is 2.78. The maximum atomic E-state index is 14.3. The van der Waals surface area contributed by atoms with E-state index in [-0.39, 0.29) is 36.0 Å². The van der Waals surface area contributed by atoms with Gasteiger partial charge < -0.3 is 15.0 Å². The summed E-state index contributed by atoms with van der Waals surface area (Å²) in [5.74, 6) is 0.00443. The minimum absolute atomic E-state index is 0. The number of carbonyl (C=O) groups excluding carboxylic acids is 1. The number of unbranched alkanes of at least 4 members (excludes halogenated alkanes) is 1. The van der Waals surface area contributed by atoms with Crippen LogP contribution in [0.25, 0.3) is 0 Å². The van der Waals surface area contributed by atoms with Crippen LogP contribution in [0, 0.1) is 31.5 Å². The first-order valence-corrected chi connectivity index (χ1v) is 12.2. The molecule has 7 heteroatoms. The first kappa shape index (κ1) is 28.8. The summed E-state index contributed by atoms with van der Waals surface area (Å²) in [5, 5.41) is 13.2. The number of nitrogens with zero attached hydrogens (tertiary/aromatic N) is 3. The maximum Gasteiger partial charge on any atom is 0.229 e. The van der Waals surface area contributed by atoms with Crippen molar-refractivity contribution in [2.75, 3.05) is 32.1 Å². The van der Waals surface area contributed by atoms with Gasteiger partial charge in [0.25, 0.3) is 0 Å². The molecule has 0 spiro atoms. The number of aryl methyl sites for hydroxylation is 2. The van der Waals surface area contributed by atoms with E-state index in [0.29, 0.717) is 30.7 Å². The molecule has 35 heavy (non-hydrogen) atoms. The summed E-state index contributed by atoms with van der Waals surface area (Å²) >= 11 is 0. The quantitative estimate of drug-likeness (QED) is 0.197. The largest absolute Gasteiger partial charge is 0.411 e. The van der Waals surface area contributed by atoms with E-state index < -0.39 is 0 Å². The number of carbonyl (C=O) groups is 1. The monoisotopic (exact) mass is 503 g/mol. The van der Waals surface area contributed by atoms with E-state index >= 15 is 0 Å². The van der Waals surface area contributed by atoms with E-state index in [2.05, 4.69) is 24.2 Å². The molecule has 2 atom stereocenters. The van der Waals surface area contributed by atoms with Crippen molar-refractivity contribution in [2.24, 2.45) is 17.0 Å². The Morgan fingerprint density at radius 2 is 1.83 bits per heavy atom. The van der Waals surface area contributed by atoms with E-state index in [1.807, 2.05) is 49.9 Å². The zero-order valence-corrected chi connectivity index (χ0v) is 22.4. The van der Waals surface area contributed by atoms with Crippen molar-refractivity contribution >= 4 is 29.7 Å². The number of amides is 1. The van der Waals surface area contributed by atoms with Gasteiger partial charge >= 0.3 is 0 Å². The molecule has 0 bridgehead atoms. The molecule has 1 fully saturated rings. The molecule has 3 rings (SSSR count). The molecule has 0 unspecified atom stereocenters. The number of anilines is 1. The topological polar surface area (TPSA) is 56.1 Å². The Bertz CT molecular complexity index is 1020. The lowest BCUT2D eigenvalue weighted by Gasteiger charge is -2.38. The molecular weight excluding hydrogens is 465 g/mol. The zero-order chi connectivity index (χ0) is 24.8. The van der Waals surface area contributed by atoms with Crippen LogP contribution in [0.5, 0.6) is 0 Å². The van der Waals surface area contributed by atoms with Crippen LogP contribution >= 0.6 is 12.4 Å². The first-order chi connectivity index (χ1) is 16.2. The minimum Gasteiger partial charge on any atom is -0.411 e. The lowest BCUT2D eigenvalue weighted by Crippen LogP contribution is -2.46. The molecule has 192 valence electrons. The maximum absolute atomic E-state index is 14.3. The van der Waals surface area contributed by atoms with E-state index in [1.54, 1.807) is 6.07 Å². The highest BCUT2D eigenvalue weighted by molar-refractivity contribution is 6.02. The van der Waals surface area contributed by atoms with Crippen LogP contribution in [0.3, 0.4) is 0 Å². The summed E-state index contributed by atoms with van der Waals surface area (Å²) in [5.41, 5.74) is 5.16. The molecular formula is C28H39ClFN3O2. The Morgan fingerprint density at radius 3 is 2.43 bits per heavy atom. The second-order valence-electron chi connectivity index (χ2n) is 10.0. The van der Waals surface area contributed by atoms with Gasteiger partial charge in [-0.3, -0.25) is 4.79 Å². The van der Waals surface area contributed by atoms with Crippen LogP contribution in [0.1, 0.15) is 54.9 Å². The van der Waals surface area contributed by atoms with Crippen LogP contribution in [0.2, 0.25) is 0 Å². The summed E-state index contributed by atoms with van der Waals surface area (Å²) in [6, 6.07) is 10.9. The predicted molar refractivity (Wildman–Crippen MR) is 144 cm³/mol. The van der Waals surface area contributed by atoms with Crippen LogP contribution in [0.4, 0.5) is 10.1 Å². The van der Waals surface area contributed by atoms with Crippen LogP contribution in [-0.4, -0.2) is 48.9 Å². The highest BCUT2D eigenvalue weighted by Gasteiger charge is 2.34. The molecule has 1 amide bonds. The normalized spacial score (nSPS) is 18.7. The van der Waals surface area contributed by atoms with E-state index in [1.165, 1.54) is 6.07 Å². The molecule has 1 aliphatic rings. The van der Waals surface area contributed by atoms with Crippen LogP contribution in [-0.2, 0) is 11.2 Å². The van der Waals surface area contributed by atoms with Gasteiger partial charge in [0.05, 0.1) is 5.71 Å². The van der Waals surface area contributed by atoms with Gasteiger partial charge in [0.2, 0.25) is 5.91 Å². The third kappa shape index (κ3) is 7.28. The number of rotatable bonds is 9. The van der Waals surface area contributed by atoms with Gasteiger partial charge in [-0.15, -0.1) is 12.4 Å². The van der Waals surface area contributed by atoms with Crippen molar-refractivity contribution in [1.29, 1.82) is 0 Å². The first-order valence-electron chi connectivity index (χ1n) is 12.2.